The van der Waals surface area contributed by atoms with Gasteiger partial charge < -0.3 is 0 Å². The summed E-state index contributed by atoms with van der Waals surface area (Å²) >= 11 is 11.9. The van der Waals surface area contributed by atoms with Gasteiger partial charge in [0.1, 0.15) is 4.90 Å². The molecule has 0 amide bonds. The quantitative estimate of drug-likeness (QED) is 0.796. The van der Waals surface area contributed by atoms with Gasteiger partial charge in [0.05, 0.1) is 10.0 Å². The summed E-state index contributed by atoms with van der Waals surface area (Å²) in [5, 5.41) is 0.277. The predicted molar refractivity (Wildman–Crippen MR) is 84.9 cm³/mol. The Balaban J connectivity index is 2.75. The normalized spacial score (nSPS) is 13.7. The minimum atomic E-state index is -3.69. The summed E-state index contributed by atoms with van der Waals surface area (Å²) in [7, 11) is -3.69. The third-order valence-electron chi connectivity index (χ3n) is 2.96. The van der Waals surface area contributed by atoms with Gasteiger partial charge in [0, 0.05) is 6.04 Å². The lowest BCUT2D eigenvalue weighted by molar-refractivity contribution is 0.488. The van der Waals surface area contributed by atoms with Crippen LogP contribution in [0.2, 0.25) is 10.0 Å². The van der Waals surface area contributed by atoms with Gasteiger partial charge in [-0.25, -0.2) is 13.1 Å². The topological polar surface area (TPSA) is 46.2 Å². The molecule has 0 fully saturated rings. The van der Waals surface area contributed by atoms with Crippen molar-refractivity contribution >= 4 is 33.2 Å². The van der Waals surface area contributed by atoms with E-state index in [4.69, 9.17) is 23.2 Å². The number of sulfonamides is 1. The maximum absolute atomic E-state index is 12.3. The average molecular weight is 338 g/mol. The number of nitrogens with one attached hydrogen (secondary N) is 1. The smallest absolute Gasteiger partial charge is 0.208 e. The second-order valence-electron chi connectivity index (χ2n) is 5.40. The maximum atomic E-state index is 12.3. The number of hydrogen-bond donors (Lipinski definition) is 1. The second-order valence-corrected chi connectivity index (χ2v) is 7.86. The Morgan fingerprint density at radius 3 is 2.15 bits per heavy atom. The van der Waals surface area contributed by atoms with E-state index in [2.05, 4.69) is 18.6 Å². The molecule has 0 aromatic heterocycles. The maximum Gasteiger partial charge on any atom is 0.243 e. The summed E-state index contributed by atoms with van der Waals surface area (Å²) in [6, 6.07) is 4.51. The van der Waals surface area contributed by atoms with Crippen LogP contribution in [0.15, 0.2) is 23.1 Å². The first-order valence-corrected chi connectivity index (χ1v) is 8.94. The molecule has 1 rings (SSSR count). The summed E-state index contributed by atoms with van der Waals surface area (Å²) in [5.41, 5.74) is 0. The van der Waals surface area contributed by atoms with Crippen LogP contribution in [-0.4, -0.2) is 14.5 Å². The number of rotatable bonds is 7. The third-order valence-corrected chi connectivity index (χ3v) is 5.51. The molecule has 0 bridgehead atoms. The number of halogens is 2. The van der Waals surface area contributed by atoms with Gasteiger partial charge in [-0.2, -0.15) is 0 Å². The lowest BCUT2D eigenvalue weighted by atomic mass is 10.0. The molecule has 20 heavy (non-hydrogen) atoms. The minimum Gasteiger partial charge on any atom is -0.208 e. The van der Waals surface area contributed by atoms with Crippen LogP contribution in [0.1, 0.15) is 40.0 Å². The van der Waals surface area contributed by atoms with E-state index < -0.39 is 10.0 Å². The summed E-state index contributed by atoms with van der Waals surface area (Å²) in [6.45, 7) is 6.15. The molecule has 1 aromatic carbocycles. The Bertz CT molecular complexity index is 524. The van der Waals surface area contributed by atoms with Gasteiger partial charge in [-0.1, -0.05) is 56.0 Å². The number of hydrogen-bond acceptors (Lipinski definition) is 2. The van der Waals surface area contributed by atoms with Crippen molar-refractivity contribution in [1.82, 2.24) is 4.72 Å². The standard InChI is InChI=1S/C14H21Cl2NO2S/c1-10(2)6-4-7-11(3)17-20(18,19)14-12(15)8-5-9-13(14)16/h5,8-11,17H,4,6-7H2,1-3H3/t11-/m1/s1. The molecule has 114 valence electrons. The average Bonchev–Trinajstić information content (AvgIpc) is 2.26. The van der Waals surface area contributed by atoms with Gasteiger partial charge in [0.25, 0.3) is 0 Å². The Kier molecular flexibility index (Phi) is 6.79. The van der Waals surface area contributed by atoms with Crippen LogP contribution in [0.4, 0.5) is 0 Å². The molecule has 0 aliphatic carbocycles. The third kappa shape index (κ3) is 5.24. The SMILES string of the molecule is CC(C)CCC[C@@H](C)NS(=O)(=O)c1c(Cl)cccc1Cl. The number of benzene rings is 1. The fraction of sp³-hybridized carbons (Fsp3) is 0.571. The van der Waals surface area contributed by atoms with E-state index in [1.54, 1.807) is 6.07 Å². The monoisotopic (exact) mass is 337 g/mol. The zero-order chi connectivity index (χ0) is 15.3. The van der Waals surface area contributed by atoms with E-state index in [1.807, 2.05) is 6.92 Å². The lowest BCUT2D eigenvalue weighted by Gasteiger charge is -2.16. The van der Waals surface area contributed by atoms with Crippen LogP contribution < -0.4 is 4.72 Å². The molecule has 1 N–H and O–H groups in total. The molecule has 0 saturated carbocycles. The Morgan fingerprint density at radius 2 is 1.65 bits per heavy atom. The van der Waals surface area contributed by atoms with Crippen molar-refractivity contribution < 1.29 is 8.42 Å². The Labute approximate surface area is 131 Å². The fourth-order valence-electron chi connectivity index (χ4n) is 1.95. The Hall–Kier alpha value is -0.290. The molecule has 6 heteroatoms. The molecule has 0 aliphatic rings. The summed E-state index contributed by atoms with van der Waals surface area (Å²) in [4.78, 5) is -0.0426. The molecule has 3 nitrogen and oxygen atoms in total. The zero-order valence-corrected chi connectivity index (χ0v) is 14.3. The molecular formula is C14H21Cl2NO2S. The molecule has 0 saturated heterocycles. The zero-order valence-electron chi connectivity index (χ0n) is 12.0. The predicted octanol–water partition coefficient (Wildman–Crippen LogP) is 4.49. The van der Waals surface area contributed by atoms with Gasteiger partial charge in [-0.05, 0) is 31.4 Å². The Morgan fingerprint density at radius 1 is 1.10 bits per heavy atom. The highest BCUT2D eigenvalue weighted by Gasteiger charge is 2.23. The van der Waals surface area contributed by atoms with E-state index >= 15 is 0 Å². The van der Waals surface area contributed by atoms with Crippen LogP contribution in [0, 0.1) is 5.92 Å². The molecule has 0 radical (unpaired) electrons. The van der Waals surface area contributed by atoms with Crippen molar-refractivity contribution in [3.63, 3.8) is 0 Å². The second kappa shape index (κ2) is 7.64. The first-order chi connectivity index (χ1) is 9.24. The summed E-state index contributed by atoms with van der Waals surface area (Å²) < 4.78 is 27.2. The molecular weight excluding hydrogens is 317 g/mol. The van der Waals surface area contributed by atoms with Gasteiger partial charge in [-0.15, -0.1) is 0 Å². The molecule has 0 unspecified atom stereocenters. The molecule has 0 spiro atoms. The van der Waals surface area contributed by atoms with Crippen molar-refractivity contribution in [1.29, 1.82) is 0 Å². The van der Waals surface area contributed by atoms with E-state index in [-0.39, 0.29) is 21.0 Å². The van der Waals surface area contributed by atoms with E-state index in [1.165, 1.54) is 12.1 Å². The highest BCUT2D eigenvalue weighted by Crippen LogP contribution is 2.29. The van der Waals surface area contributed by atoms with Crippen LogP contribution in [-0.2, 0) is 10.0 Å². The summed E-state index contributed by atoms with van der Waals surface area (Å²) in [6.07, 6.45) is 2.86. The van der Waals surface area contributed by atoms with Crippen molar-refractivity contribution in [2.45, 2.75) is 51.0 Å². The van der Waals surface area contributed by atoms with E-state index in [0.29, 0.717) is 5.92 Å². The minimum absolute atomic E-state index is 0.0426. The molecule has 0 aliphatic heterocycles. The van der Waals surface area contributed by atoms with Gasteiger partial charge >= 0.3 is 0 Å². The van der Waals surface area contributed by atoms with Crippen LogP contribution in [0.25, 0.3) is 0 Å². The first kappa shape index (κ1) is 17.8. The van der Waals surface area contributed by atoms with Crippen LogP contribution in [0.5, 0.6) is 0 Å². The van der Waals surface area contributed by atoms with Gasteiger partial charge in [-0.3, -0.25) is 0 Å². The van der Waals surface area contributed by atoms with Crippen molar-refractivity contribution in [3.05, 3.63) is 28.2 Å². The van der Waals surface area contributed by atoms with Crippen molar-refractivity contribution in [2.24, 2.45) is 5.92 Å². The van der Waals surface area contributed by atoms with Gasteiger partial charge in [0.2, 0.25) is 10.0 Å². The van der Waals surface area contributed by atoms with Crippen molar-refractivity contribution in [2.75, 3.05) is 0 Å². The van der Waals surface area contributed by atoms with Crippen LogP contribution >= 0.6 is 23.2 Å². The first-order valence-electron chi connectivity index (χ1n) is 6.70. The molecule has 1 aromatic rings. The van der Waals surface area contributed by atoms with E-state index in [9.17, 15) is 8.42 Å². The molecule has 0 heterocycles. The van der Waals surface area contributed by atoms with E-state index in [0.717, 1.165) is 19.3 Å². The highest BCUT2D eigenvalue weighted by molar-refractivity contribution is 7.89. The fourth-order valence-corrected chi connectivity index (χ4v) is 4.38. The van der Waals surface area contributed by atoms with Gasteiger partial charge in [0.15, 0.2) is 0 Å². The lowest BCUT2D eigenvalue weighted by Crippen LogP contribution is -2.33. The summed E-state index contributed by atoms with van der Waals surface area (Å²) in [5.74, 6) is 0.622. The highest BCUT2D eigenvalue weighted by atomic mass is 35.5. The van der Waals surface area contributed by atoms with Crippen molar-refractivity contribution in [3.8, 4) is 0 Å². The van der Waals surface area contributed by atoms with Crippen LogP contribution in [0.3, 0.4) is 0 Å². The molecule has 1 atom stereocenters. The largest absolute Gasteiger partial charge is 0.243 e.